The molecular weight excluding hydrogens is 450 g/mol. The summed E-state index contributed by atoms with van der Waals surface area (Å²) >= 11 is 0. The van der Waals surface area contributed by atoms with Gasteiger partial charge in [0.1, 0.15) is 16.5 Å². The van der Waals surface area contributed by atoms with Crippen LogP contribution in [-0.4, -0.2) is 51.2 Å². The normalized spacial score (nSPS) is 14.5. The molecule has 4 rings (SSSR count). The molecule has 180 valence electrons. The van der Waals surface area contributed by atoms with Gasteiger partial charge in [0.15, 0.2) is 0 Å². The van der Waals surface area contributed by atoms with Gasteiger partial charge in [-0.25, -0.2) is 13.4 Å². The highest BCUT2D eigenvalue weighted by atomic mass is 32.2. The van der Waals surface area contributed by atoms with E-state index in [1.54, 1.807) is 12.1 Å². The molecule has 0 unspecified atom stereocenters. The molecule has 3 aromatic rings. The molecular formula is C25H31N5O3S. The van der Waals surface area contributed by atoms with Gasteiger partial charge in [-0.3, -0.25) is 0 Å². The Morgan fingerprint density at radius 3 is 2.26 bits per heavy atom. The number of para-hydroxylation sites is 2. The predicted molar refractivity (Wildman–Crippen MR) is 134 cm³/mol. The molecule has 8 nitrogen and oxygen atoms in total. The average molecular weight is 482 g/mol. The number of rotatable bonds is 7. The average Bonchev–Trinajstić information content (AvgIpc) is 2.84. The van der Waals surface area contributed by atoms with Crippen LogP contribution in [0.2, 0.25) is 0 Å². The molecule has 2 heterocycles. The minimum Gasteiger partial charge on any atom is -0.492 e. The quantitative estimate of drug-likeness (QED) is 0.545. The van der Waals surface area contributed by atoms with Crippen molar-refractivity contribution in [2.45, 2.75) is 36.5 Å². The third-order valence-electron chi connectivity index (χ3n) is 5.99. The molecule has 1 saturated heterocycles. The molecule has 2 N–H and O–H groups in total. The van der Waals surface area contributed by atoms with Gasteiger partial charge in [0.25, 0.3) is 0 Å². The van der Waals surface area contributed by atoms with E-state index in [-0.39, 0.29) is 15.6 Å². The summed E-state index contributed by atoms with van der Waals surface area (Å²) in [5, 5.41) is 0. The molecule has 0 saturated carbocycles. The standard InChI is InChI=1S/C25H31N5O3S/c1-4-33-22-8-6-5-7-21(22)29-13-15-30(16-14-29)25-27-17-23(24(26)28-25)34(31,32)20-11-9-19(10-12-20)18(2)3/h5-12,17-18H,4,13-16H2,1-3H3,(H2,26,27,28). The third kappa shape index (κ3) is 4.79. The van der Waals surface area contributed by atoms with Gasteiger partial charge < -0.3 is 20.3 Å². The number of benzene rings is 2. The largest absolute Gasteiger partial charge is 0.492 e. The molecule has 1 aliphatic rings. The Morgan fingerprint density at radius 2 is 1.65 bits per heavy atom. The van der Waals surface area contributed by atoms with Crippen LogP contribution in [0.1, 0.15) is 32.3 Å². The summed E-state index contributed by atoms with van der Waals surface area (Å²) < 4.78 is 32.0. The zero-order valence-corrected chi connectivity index (χ0v) is 20.6. The second-order valence-corrected chi connectivity index (χ2v) is 10.4. The van der Waals surface area contributed by atoms with Crippen LogP contribution >= 0.6 is 0 Å². The summed E-state index contributed by atoms with van der Waals surface area (Å²) in [6, 6.07) is 14.9. The first-order valence-corrected chi connectivity index (χ1v) is 13.0. The van der Waals surface area contributed by atoms with Crippen LogP contribution in [-0.2, 0) is 9.84 Å². The lowest BCUT2D eigenvalue weighted by atomic mass is 10.0. The highest BCUT2D eigenvalue weighted by molar-refractivity contribution is 7.91. The van der Waals surface area contributed by atoms with Crippen molar-refractivity contribution < 1.29 is 13.2 Å². The number of ether oxygens (including phenoxy) is 1. The first-order chi connectivity index (χ1) is 16.3. The van der Waals surface area contributed by atoms with Gasteiger partial charge in [-0.1, -0.05) is 38.1 Å². The summed E-state index contributed by atoms with van der Waals surface area (Å²) in [5.41, 5.74) is 8.25. The maximum atomic E-state index is 13.1. The molecule has 0 atom stereocenters. The Kier molecular flexibility index (Phi) is 6.92. The van der Waals surface area contributed by atoms with Crippen molar-refractivity contribution in [3.8, 4) is 5.75 Å². The van der Waals surface area contributed by atoms with Crippen LogP contribution in [0.3, 0.4) is 0 Å². The number of anilines is 3. The summed E-state index contributed by atoms with van der Waals surface area (Å²) in [6.45, 7) is 9.59. The zero-order valence-electron chi connectivity index (χ0n) is 19.8. The molecule has 1 fully saturated rings. The van der Waals surface area contributed by atoms with E-state index in [4.69, 9.17) is 10.5 Å². The van der Waals surface area contributed by atoms with E-state index in [0.717, 1.165) is 30.1 Å². The number of aromatic nitrogens is 2. The molecule has 0 bridgehead atoms. The molecule has 0 amide bonds. The van der Waals surface area contributed by atoms with Crippen LogP contribution in [0.25, 0.3) is 0 Å². The van der Waals surface area contributed by atoms with E-state index in [0.29, 0.717) is 31.6 Å². The topological polar surface area (TPSA) is 102 Å². The number of piperazine rings is 1. The molecule has 9 heteroatoms. The van der Waals surface area contributed by atoms with Crippen molar-refractivity contribution in [2.75, 3.05) is 48.3 Å². The van der Waals surface area contributed by atoms with E-state index in [1.807, 2.05) is 42.2 Å². The Labute approximate surface area is 201 Å². The van der Waals surface area contributed by atoms with E-state index in [9.17, 15) is 8.42 Å². The number of nitrogens with zero attached hydrogens (tertiary/aromatic N) is 4. The molecule has 1 aromatic heterocycles. The highest BCUT2D eigenvalue weighted by Crippen LogP contribution is 2.30. The van der Waals surface area contributed by atoms with Gasteiger partial charge in [-0.2, -0.15) is 4.98 Å². The van der Waals surface area contributed by atoms with Crippen LogP contribution in [0.15, 0.2) is 64.5 Å². The third-order valence-corrected chi connectivity index (χ3v) is 7.77. The van der Waals surface area contributed by atoms with Crippen LogP contribution < -0.4 is 20.3 Å². The smallest absolute Gasteiger partial charge is 0.227 e. The molecule has 34 heavy (non-hydrogen) atoms. The van der Waals surface area contributed by atoms with E-state index in [1.165, 1.54) is 6.20 Å². The van der Waals surface area contributed by atoms with Gasteiger partial charge >= 0.3 is 0 Å². The summed E-state index contributed by atoms with van der Waals surface area (Å²) in [7, 11) is -3.81. The van der Waals surface area contributed by atoms with Gasteiger partial charge in [0.05, 0.1) is 23.4 Å². The van der Waals surface area contributed by atoms with Gasteiger partial charge in [-0.05, 0) is 42.7 Å². The minimum absolute atomic E-state index is 0.0398. The fourth-order valence-corrected chi connectivity index (χ4v) is 5.30. The summed E-state index contributed by atoms with van der Waals surface area (Å²) in [4.78, 5) is 13.1. The zero-order chi connectivity index (χ0) is 24.3. The van der Waals surface area contributed by atoms with Crippen molar-refractivity contribution in [1.29, 1.82) is 0 Å². The number of hydrogen-bond donors (Lipinski definition) is 1. The molecule has 0 radical (unpaired) electrons. The predicted octanol–water partition coefficient (Wildman–Crippen LogP) is 3.74. The van der Waals surface area contributed by atoms with Crippen LogP contribution in [0, 0.1) is 0 Å². The number of nitrogens with two attached hydrogens (primary N) is 1. The molecule has 0 aliphatic carbocycles. The SMILES string of the molecule is CCOc1ccccc1N1CCN(c2ncc(S(=O)(=O)c3ccc(C(C)C)cc3)c(N)n2)CC1. The summed E-state index contributed by atoms with van der Waals surface area (Å²) in [6.07, 6.45) is 1.32. The van der Waals surface area contributed by atoms with Gasteiger partial charge in [0, 0.05) is 26.2 Å². The fourth-order valence-electron chi connectivity index (χ4n) is 4.04. The van der Waals surface area contributed by atoms with Crippen molar-refractivity contribution in [3.63, 3.8) is 0 Å². The molecule has 0 spiro atoms. The number of sulfone groups is 1. The van der Waals surface area contributed by atoms with Crippen molar-refractivity contribution >= 4 is 27.3 Å². The fraction of sp³-hybridized carbons (Fsp3) is 0.360. The Morgan fingerprint density at radius 1 is 1.00 bits per heavy atom. The maximum absolute atomic E-state index is 13.1. The minimum atomic E-state index is -3.81. The van der Waals surface area contributed by atoms with Crippen molar-refractivity contribution in [3.05, 3.63) is 60.3 Å². The Hall–Kier alpha value is -3.33. The van der Waals surface area contributed by atoms with E-state index < -0.39 is 9.84 Å². The van der Waals surface area contributed by atoms with E-state index in [2.05, 4.69) is 34.8 Å². The number of nitrogen functional groups attached to an aromatic ring is 1. The lowest BCUT2D eigenvalue weighted by Gasteiger charge is -2.36. The molecule has 2 aromatic carbocycles. The van der Waals surface area contributed by atoms with Crippen molar-refractivity contribution in [2.24, 2.45) is 0 Å². The van der Waals surface area contributed by atoms with E-state index >= 15 is 0 Å². The molecule has 1 aliphatic heterocycles. The van der Waals surface area contributed by atoms with Gasteiger partial charge in [0.2, 0.25) is 15.8 Å². The lowest BCUT2D eigenvalue weighted by molar-refractivity contribution is 0.340. The monoisotopic (exact) mass is 481 g/mol. The van der Waals surface area contributed by atoms with Crippen molar-refractivity contribution in [1.82, 2.24) is 9.97 Å². The number of hydrogen-bond acceptors (Lipinski definition) is 8. The highest BCUT2D eigenvalue weighted by Gasteiger charge is 2.25. The maximum Gasteiger partial charge on any atom is 0.227 e. The van der Waals surface area contributed by atoms with Gasteiger partial charge in [-0.15, -0.1) is 0 Å². The Balaban J connectivity index is 1.49. The first kappa shape index (κ1) is 23.8. The van der Waals surface area contributed by atoms with Crippen LogP contribution in [0.4, 0.5) is 17.5 Å². The second kappa shape index (κ2) is 9.89. The lowest BCUT2D eigenvalue weighted by Crippen LogP contribution is -2.47. The first-order valence-electron chi connectivity index (χ1n) is 11.5. The Bertz CT molecular complexity index is 1240. The van der Waals surface area contributed by atoms with Crippen LogP contribution in [0.5, 0.6) is 5.75 Å². The second-order valence-electron chi connectivity index (χ2n) is 8.52. The summed E-state index contributed by atoms with van der Waals surface area (Å²) in [5.74, 6) is 1.58.